The Balaban J connectivity index is 1.58. The van der Waals surface area contributed by atoms with E-state index in [4.69, 9.17) is 21.4 Å². The van der Waals surface area contributed by atoms with Crippen LogP contribution in [0, 0.1) is 5.92 Å². The Hall–Kier alpha value is -2.52. The molecule has 0 saturated carbocycles. The van der Waals surface area contributed by atoms with Crippen LogP contribution in [0.25, 0.3) is 10.8 Å². The zero-order valence-corrected chi connectivity index (χ0v) is 16.1. The Kier molecular flexibility index (Phi) is 3.87. The molecule has 3 aromatic rings. The maximum absolute atomic E-state index is 6.28. The molecular weight excluding hydrogens is 356 g/mol. The summed E-state index contributed by atoms with van der Waals surface area (Å²) in [6.45, 7) is 4.35. The average Bonchev–Trinajstić information content (AvgIpc) is 3.12. The summed E-state index contributed by atoms with van der Waals surface area (Å²) in [6, 6.07) is 21.1. The molecule has 2 atom stereocenters. The number of ether oxygens (including phenoxy) is 1. The molecule has 0 radical (unpaired) electrons. The van der Waals surface area contributed by atoms with Crippen molar-refractivity contribution >= 4 is 28.1 Å². The predicted octanol–water partition coefficient (Wildman–Crippen LogP) is 6.02. The molecule has 0 fully saturated rings. The van der Waals surface area contributed by atoms with Crippen molar-refractivity contribution in [1.82, 2.24) is 5.01 Å². The molecule has 2 heterocycles. The van der Waals surface area contributed by atoms with Gasteiger partial charge in [0.25, 0.3) is 0 Å². The van der Waals surface area contributed by atoms with Gasteiger partial charge in [0.15, 0.2) is 6.23 Å². The number of rotatable bonds is 2. The molecule has 136 valence electrons. The van der Waals surface area contributed by atoms with Crippen molar-refractivity contribution in [3.63, 3.8) is 0 Å². The Morgan fingerprint density at radius 1 is 1.04 bits per heavy atom. The van der Waals surface area contributed by atoms with E-state index in [0.29, 0.717) is 5.92 Å². The number of nitrogens with zero attached hydrogens (tertiary/aromatic N) is 2. The lowest BCUT2D eigenvalue weighted by atomic mass is 9.94. The molecule has 0 aromatic heterocycles. The molecule has 27 heavy (non-hydrogen) atoms. The molecule has 0 bridgehead atoms. The van der Waals surface area contributed by atoms with E-state index in [2.05, 4.69) is 61.3 Å². The van der Waals surface area contributed by atoms with Gasteiger partial charge in [-0.15, -0.1) is 0 Å². The van der Waals surface area contributed by atoms with Crippen LogP contribution in [0.2, 0.25) is 5.02 Å². The highest BCUT2D eigenvalue weighted by molar-refractivity contribution is 6.30. The van der Waals surface area contributed by atoms with Gasteiger partial charge in [-0.05, 0) is 40.6 Å². The maximum Gasteiger partial charge on any atom is 0.190 e. The van der Waals surface area contributed by atoms with Crippen LogP contribution < -0.4 is 4.74 Å². The fourth-order valence-electron chi connectivity index (χ4n) is 4.07. The second-order valence-corrected chi connectivity index (χ2v) is 8.08. The fraction of sp³-hybridized carbons (Fsp3) is 0.261. The first-order valence-corrected chi connectivity index (χ1v) is 9.79. The summed E-state index contributed by atoms with van der Waals surface area (Å²) in [7, 11) is 0. The summed E-state index contributed by atoms with van der Waals surface area (Å²) in [4.78, 5) is 0. The Morgan fingerprint density at radius 2 is 1.85 bits per heavy atom. The van der Waals surface area contributed by atoms with Gasteiger partial charge in [-0.3, -0.25) is 0 Å². The lowest BCUT2D eigenvalue weighted by Gasteiger charge is -2.40. The Labute approximate surface area is 164 Å². The molecule has 3 aromatic carbocycles. The average molecular weight is 377 g/mol. The monoisotopic (exact) mass is 376 g/mol. The van der Waals surface area contributed by atoms with E-state index in [1.165, 1.54) is 16.3 Å². The molecule has 0 spiro atoms. The van der Waals surface area contributed by atoms with Crippen LogP contribution in [-0.4, -0.2) is 16.9 Å². The summed E-state index contributed by atoms with van der Waals surface area (Å²) < 4.78 is 6.28. The minimum absolute atomic E-state index is 0.0679. The van der Waals surface area contributed by atoms with Gasteiger partial charge in [0.05, 0.1) is 11.8 Å². The lowest BCUT2D eigenvalue weighted by Crippen LogP contribution is -2.43. The third-order valence-corrected chi connectivity index (χ3v) is 5.67. The highest BCUT2D eigenvalue weighted by Crippen LogP contribution is 2.45. The van der Waals surface area contributed by atoms with Gasteiger partial charge in [-0.2, -0.15) is 5.10 Å². The molecule has 0 N–H and O–H groups in total. The first kappa shape index (κ1) is 16.6. The molecule has 0 amide bonds. The van der Waals surface area contributed by atoms with Crippen molar-refractivity contribution in [2.24, 2.45) is 11.0 Å². The van der Waals surface area contributed by atoms with E-state index in [9.17, 15) is 0 Å². The number of hydrogen-bond acceptors (Lipinski definition) is 3. The standard InChI is InChI=1S/C23H21ClN2O/c1-14(2)23-26-21(19-12-18(24)9-10-22(19)27-23)13-20(25-26)17-8-7-15-5-3-4-6-16(15)11-17/h3-12,14,21,23H,13H2,1-2H3/t21-,23+/m1/s1. The molecule has 3 nitrogen and oxygen atoms in total. The zero-order valence-electron chi connectivity index (χ0n) is 15.4. The van der Waals surface area contributed by atoms with Crippen molar-refractivity contribution in [1.29, 1.82) is 0 Å². The topological polar surface area (TPSA) is 24.8 Å². The first-order valence-electron chi connectivity index (χ1n) is 9.41. The number of hydrogen-bond donors (Lipinski definition) is 0. The molecular formula is C23H21ClN2O. The predicted molar refractivity (Wildman–Crippen MR) is 110 cm³/mol. The van der Waals surface area contributed by atoms with Crippen molar-refractivity contribution in [3.05, 3.63) is 76.8 Å². The van der Waals surface area contributed by atoms with Crippen LogP contribution in [-0.2, 0) is 0 Å². The normalized spacial score (nSPS) is 21.0. The van der Waals surface area contributed by atoms with Crippen LogP contribution in [0.3, 0.4) is 0 Å². The zero-order chi connectivity index (χ0) is 18.5. The van der Waals surface area contributed by atoms with Gasteiger partial charge in [0.1, 0.15) is 5.75 Å². The van der Waals surface area contributed by atoms with Crippen molar-refractivity contribution in [3.8, 4) is 5.75 Å². The summed E-state index contributed by atoms with van der Waals surface area (Å²) in [6.07, 6.45) is 0.791. The van der Waals surface area contributed by atoms with Crippen molar-refractivity contribution < 1.29 is 4.74 Å². The minimum Gasteiger partial charge on any atom is -0.468 e. The molecule has 4 heteroatoms. The highest BCUT2D eigenvalue weighted by atomic mass is 35.5. The molecule has 0 saturated heterocycles. The third kappa shape index (κ3) is 2.78. The van der Waals surface area contributed by atoms with E-state index in [1.807, 2.05) is 18.2 Å². The van der Waals surface area contributed by atoms with E-state index in [-0.39, 0.29) is 12.3 Å². The molecule has 2 aliphatic rings. The summed E-state index contributed by atoms with van der Waals surface area (Å²) >= 11 is 6.27. The van der Waals surface area contributed by atoms with Gasteiger partial charge in [0.2, 0.25) is 0 Å². The summed E-state index contributed by atoms with van der Waals surface area (Å²) in [5, 5.41) is 10.4. The van der Waals surface area contributed by atoms with E-state index in [0.717, 1.165) is 28.5 Å². The quantitative estimate of drug-likeness (QED) is 0.546. The van der Waals surface area contributed by atoms with Gasteiger partial charge in [0, 0.05) is 22.9 Å². The van der Waals surface area contributed by atoms with Crippen molar-refractivity contribution in [2.45, 2.75) is 32.5 Å². The van der Waals surface area contributed by atoms with E-state index in [1.54, 1.807) is 0 Å². The second-order valence-electron chi connectivity index (χ2n) is 7.64. The first-order chi connectivity index (χ1) is 13.1. The van der Waals surface area contributed by atoms with E-state index >= 15 is 0 Å². The number of hydrazone groups is 1. The maximum atomic E-state index is 6.28. The summed E-state index contributed by atoms with van der Waals surface area (Å²) in [5.41, 5.74) is 3.40. The Bertz CT molecular complexity index is 1060. The smallest absolute Gasteiger partial charge is 0.190 e. The number of fused-ring (bicyclic) bond motifs is 4. The largest absolute Gasteiger partial charge is 0.468 e. The van der Waals surface area contributed by atoms with Crippen LogP contribution in [0.5, 0.6) is 5.75 Å². The Morgan fingerprint density at radius 3 is 2.67 bits per heavy atom. The SMILES string of the molecule is CC(C)[C@@H]1Oc2ccc(Cl)cc2[C@H]2CC(c3ccc4ccccc4c3)=NN21. The number of benzene rings is 3. The molecule has 0 aliphatic carbocycles. The molecule has 2 aliphatic heterocycles. The fourth-order valence-corrected chi connectivity index (χ4v) is 4.25. The van der Waals surface area contributed by atoms with Crippen LogP contribution in [0.15, 0.2) is 65.8 Å². The van der Waals surface area contributed by atoms with Crippen LogP contribution in [0.4, 0.5) is 0 Å². The van der Waals surface area contributed by atoms with Gasteiger partial charge >= 0.3 is 0 Å². The lowest BCUT2D eigenvalue weighted by molar-refractivity contribution is -0.0461. The van der Waals surface area contributed by atoms with E-state index < -0.39 is 0 Å². The number of halogens is 1. The van der Waals surface area contributed by atoms with Crippen LogP contribution in [0.1, 0.15) is 37.4 Å². The van der Waals surface area contributed by atoms with Gasteiger partial charge in [-0.25, -0.2) is 5.01 Å². The van der Waals surface area contributed by atoms with Crippen molar-refractivity contribution in [2.75, 3.05) is 0 Å². The molecule has 5 rings (SSSR count). The summed E-state index contributed by atoms with van der Waals surface area (Å²) in [5.74, 6) is 1.25. The third-order valence-electron chi connectivity index (χ3n) is 5.43. The van der Waals surface area contributed by atoms with Crippen LogP contribution >= 0.6 is 11.6 Å². The van der Waals surface area contributed by atoms with Gasteiger partial charge < -0.3 is 4.74 Å². The highest BCUT2D eigenvalue weighted by Gasteiger charge is 2.41. The molecule has 0 unspecified atom stereocenters. The minimum atomic E-state index is -0.0679. The second kappa shape index (κ2) is 6.28. The van der Waals surface area contributed by atoms with Gasteiger partial charge in [-0.1, -0.05) is 61.8 Å².